The van der Waals surface area contributed by atoms with Crippen LogP contribution < -0.4 is 11.5 Å². The van der Waals surface area contributed by atoms with Gasteiger partial charge in [-0.1, -0.05) is 55.4 Å². The molecule has 0 aliphatic rings. The normalized spacial score (nSPS) is 16.7. The highest BCUT2D eigenvalue weighted by atomic mass is 19.4. The quantitative estimate of drug-likeness (QED) is 0.124. The molecule has 2 aromatic carbocycles. The summed E-state index contributed by atoms with van der Waals surface area (Å²) in [6.07, 6.45) is 0.271. The molecule has 0 bridgehead atoms. The second kappa shape index (κ2) is 15.1. The lowest BCUT2D eigenvalue weighted by molar-refractivity contribution is -0.456. The maximum absolute atomic E-state index is 15.5. The third-order valence-corrected chi connectivity index (χ3v) is 10.5. The SMILES string of the molecule is CCC(C)c1cc(C(F)(F)C(F)(F)C(F)(F)C(F)(F)C(F)(F)C(F)(F)C(F)(F)C(F)(F)c2cc(C(C)CC)c(N)c(C(C)CC)c2)cc(C(C)CC)c1N. The van der Waals surface area contributed by atoms with Crippen molar-refractivity contribution in [3.63, 3.8) is 0 Å². The van der Waals surface area contributed by atoms with E-state index in [0.717, 1.165) is 0 Å². The first-order valence-electron chi connectivity index (χ1n) is 17.1. The van der Waals surface area contributed by atoms with Crippen LogP contribution in [0.5, 0.6) is 0 Å². The lowest BCUT2D eigenvalue weighted by Crippen LogP contribution is -2.74. The highest BCUT2D eigenvalue weighted by Gasteiger charge is 2.95. The molecule has 0 aliphatic heterocycles. The molecular formula is C36H44F16N2. The number of rotatable bonds is 17. The largest absolute Gasteiger partial charge is 0.398 e. The summed E-state index contributed by atoms with van der Waals surface area (Å²) in [6, 6.07) is 0.472. The second-order valence-corrected chi connectivity index (χ2v) is 14.0. The Hall–Kier alpha value is -3.08. The molecular weight excluding hydrogens is 764 g/mol. The molecule has 0 amide bonds. The fraction of sp³-hybridized carbons (Fsp3) is 0.667. The van der Waals surface area contributed by atoms with Gasteiger partial charge in [-0.3, -0.25) is 0 Å². The Bertz CT molecular complexity index is 1450. The van der Waals surface area contributed by atoms with Gasteiger partial charge in [0.05, 0.1) is 0 Å². The molecule has 310 valence electrons. The van der Waals surface area contributed by atoms with E-state index in [1.807, 2.05) is 0 Å². The number of benzene rings is 2. The van der Waals surface area contributed by atoms with Crippen molar-refractivity contribution in [2.24, 2.45) is 0 Å². The monoisotopic (exact) mass is 808 g/mol. The van der Waals surface area contributed by atoms with Crippen molar-refractivity contribution in [1.29, 1.82) is 0 Å². The molecule has 0 radical (unpaired) electrons. The molecule has 2 rings (SSSR count). The minimum atomic E-state index is -8.55. The van der Waals surface area contributed by atoms with Crippen molar-refractivity contribution in [3.8, 4) is 0 Å². The van der Waals surface area contributed by atoms with Gasteiger partial charge < -0.3 is 11.5 Å². The minimum Gasteiger partial charge on any atom is -0.398 e. The first-order chi connectivity index (χ1) is 24.2. The molecule has 0 aliphatic carbocycles. The van der Waals surface area contributed by atoms with Gasteiger partial charge in [0.25, 0.3) is 0 Å². The van der Waals surface area contributed by atoms with Crippen LogP contribution in [-0.2, 0) is 11.8 Å². The molecule has 0 fully saturated rings. The summed E-state index contributed by atoms with van der Waals surface area (Å²) < 4.78 is 243. The van der Waals surface area contributed by atoms with Crippen LogP contribution in [0.25, 0.3) is 0 Å². The topological polar surface area (TPSA) is 52.0 Å². The summed E-state index contributed by atoms with van der Waals surface area (Å²) in [5.41, 5.74) is 5.58. The number of hydrogen-bond donors (Lipinski definition) is 2. The fourth-order valence-corrected chi connectivity index (χ4v) is 5.82. The zero-order valence-electron chi connectivity index (χ0n) is 30.6. The standard InChI is InChI=1S/C36H44F16N2/c1-9-17(5)23-13-21(14-24(27(23)53)18(6)10-2)29(37,38)31(41,42)33(45,46)35(49,50)36(51,52)34(47,48)32(43,44)30(39,40)22-15-25(19(7)11-3)28(54)26(16-22)20(8)12-4/h13-20H,9-12,53-54H2,1-8H3. The van der Waals surface area contributed by atoms with Gasteiger partial charge in [0.2, 0.25) is 0 Å². The van der Waals surface area contributed by atoms with Gasteiger partial charge >= 0.3 is 47.4 Å². The Morgan fingerprint density at radius 1 is 0.370 bits per heavy atom. The van der Waals surface area contributed by atoms with Crippen molar-refractivity contribution < 1.29 is 70.2 Å². The molecule has 0 saturated heterocycles. The van der Waals surface area contributed by atoms with E-state index in [0.29, 0.717) is 0 Å². The van der Waals surface area contributed by atoms with Gasteiger partial charge in [-0.25, -0.2) is 0 Å². The van der Waals surface area contributed by atoms with Crippen LogP contribution in [0.1, 0.15) is 138 Å². The van der Waals surface area contributed by atoms with Crippen molar-refractivity contribution in [2.45, 2.75) is 152 Å². The number of halogens is 16. The van der Waals surface area contributed by atoms with Crippen LogP contribution in [0.2, 0.25) is 0 Å². The summed E-state index contributed by atoms with van der Waals surface area (Å²) >= 11 is 0. The van der Waals surface area contributed by atoms with Crippen molar-refractivity contribution >= 4 is 11.4 Å². The minimum absolute atomic E-state index is 0.0677. The van der Waals surface area contributed by atoms with Crippen LogP contribution in [0.3, 0.4) is 0 Å². The van der Waals surface area contributed by atoms with Gasteiger partial charge in [-0.2, -0.15) is 70.2 Å². The van der Waals surface area contributed by atoms with Gasteiger partial charge in [-0.05, 0) is 95.9 Å². The lowest BCUT2D eigenvalue weighted by Gasteiger charge is -2.44. The average molecular weight is 809 g/mol. The maximum atomic E-state index is 15.5. The molecule has 4 unspecified atom stereocenters. The smallest absolute Gasteiger partial charge is 0.385 e. The molecule has 4 N–H and O–H groups in total. The van der Waals surface area contributed by atoms with E-state index < -0.39 is 82.2 Å². The van der Waals surface area contributed by atoms with Crippen LogP contribution in [-0.4, -0.2) is 35.5 Å². The Kier molecular flexibility index (Phi) is 13.2. The van der Waals surface area contributed by atoms with Crippen molar-refractivity contribution in [2.75, 3.05) is 11.5 Å². The maximum Gasteiger partial charge on any atom is 0.385 e. The number of nitrogen functional groups attached to an aromatic ring is 2. The number of hydrogen-bond acceptors (Lipinski definition) is 2. The first-order valence-corrected chi connectivity index (χ1v) is 17.1. The van der Waals surface area contributed by atoms with Crippen LogP contribution in [0, 0.1) is 0 Å². The summed E-state index contributed by atoms with van der Waals surface area (Å²) in [4.78, 5) is 0. The van der Waals surface area contributed by atoms with Crippen molar-refractivity contribution in [3.05, 3.63) is 57.6 Å². The van der Waals surface area contributed by atoms with E-state index in [1.165, 1.54) is 55.4 Å². The van der Waals surface area contributed by atoms with E-state index in [9.17, 15) is 0 Å². The molecule has 0 heterocycles. The number of alkyl halides is 16. The van der Waals surface area contributed by atoms with E-state index >= 15 is 70.2 Å². The predicted molar refractivity (Wildman–Crippen MR) is 174 cm³/mol. The van der Waals surface area contributed by atoms with E-state index in [-0.39, 0.29) is 83.6 Å². The number of anilines is 2. The zero-order chi connectivity index (χ0) is 42.6. The third kappa shape index (κ3) is 6.87. The highest BCUT2D eigenvalue weighted by molar-refractivity contribution is 5.60. The second-order valence-electron chi connectivity index (χ2n) is 14.0. The van der Waals surface area contributed by atoms with E-state index in [4.69, 9.17) is 11.5 Å². The van der Waals surface area contributed by atoms with Gasteiger partial charge in [0.1, 0.15) is 0 Å². The van der Waals surface area contributed by atoms with Crippen LogP contribution in [0.4, 0.5) is 81.6 Å². The molecule has 4 atom stereocenters. The van der Waals surface area contributed by atoms with E-state index in [2.05, 4.69) is 0 Å². The Morgan fingerprint density at radius 3 is 0.704 bits per heavy atom. The first kappa shape index (κ1) is 47.1. The Labute approximate surface area is 303 Å². The zero-order valence-corrected chi connectivity index (χ0v) is 30.6. The summed E-state index contributed by atoms with van der Waals surface area (Å²) in [6.45, 7) is 11.2. The molecule has 2 aromatic rings. The number of nitrogens with two attached hydrogens (primary N) is 2. The molecule has 0 aromatic heterocycles. The van der Waals surface area contributed by atoms with Crippen LogP contribution in [0.15, 0.2) is 24.3 Å². The Balaban J connectivity index is 2.87. The van der Waals surface area contributed by atoms with Gasteiger partial charge in [0.15, 0.2) is 0 Å². The molecule has 18 heteroatoms. The van der Waals surface area contributed by atoms with Gasteiger partial charge in [-0.15, -0.1) is 0 Å². The highest BCUT2D eigenvalue weighted by Crippen LogP contribution is 2.66. The predicted octanol–water partition coefficient (Wildman–Crippen LogP) is 13.6. The van der Waals surface area contributed by atoms with Crippen LogP contribution >= 0.6 is 0 Å². The fourth-order valence-electron chi connectivity index (χ4n) is 5.82. The Morgan fingerprint density at radius 2 is 0.537 bits per heavy atom. The average Bonchev–Trinajstić information content (AvgIpc) is 3.09. The molecule has 54 heavy (non-hydrogen) atoms. The third-order valence-electron chi connectivity index (χ3n) is 10.5. The molecule has 0 spiro atoms. The summed E-state index contributed by atoms with van der Waals surface area (Å²) in [7, 11) is 0. The molecule has 0 saturated carbocycles. The van der Waals surface area contributed by atoms with E-state index in [1.54, 1.807) is 0 Å². The molecule has 2 nitrogen and oxygen atoms in total. The summed E-state index contributed by atoms with van der Waals surface area (Å²) in [5.74, 6) is -65.9. The lowest BCUT2D eigenvalue weighted by atomic mass is 9.81. The summed E-state index contributed by atoms with van der Waals surface area (Å²) in [5, 5.41) is 0. The van der Waals surface area contributed by atoms with Gasteiger partial charge in [0, 0.05) is 22.5 Å². The van der Waals surface area contributed by atoms with Crippen molar-refractivity contribution in [1.82, 2.24) is 0 Å².